The number of rotatable bonds is 2. The molecule has 7 heteroatoms. The van der Waals surface area contributed by atoms with E-state index in [4.69, 9.17) is 0 Å². The smallest absolute Gasteiger partial charge is 0.255 e. The predicted molar refractivity (Wildman–Crippen MR) is 87.7 cm³/mol. The maximum atomic E-state index is 12.9. The molecule has 24 heavy (non-hydrogen) atoms. The molecule has 1 aliphatic heterocycles. The summed E-state index contributed by atoms with van der Waals surface area (Å²) in [6.45, 7) is 3.72. The van der Waals surface area contributed by atoms with Gasteiger partial charge in [0.15, 0.2) is 5.65 Å². The molecule has 1 saturated heterocycles. The van der Waals surface area contributed by atoms with Gasteiger partial charge in [0.2, 0.25) is 5.91 Å². The van der Waals surface area contributed by atoms with E-state index in [-0.39, 0.29) is 23.4 Å². The SMILES string of the molecule is Cc1nc2ccnn2c(C)c1C(=O)NC1CCC(=O)NC12CCC2. The van der Waals surface area contributed by atoms with Gasteiger partial charge in [0, 0.05) is 12.5 Å². The van der Waals surface area contributed by atoms with Crippen molar-refractivity contribution in [2.75, 3.05) is 0 Å². The number of hydrogen-bond donors (Lipinski definition) is 2. The quantitative estimate of drug-likeness (QED) is 0.869. The highest BCUT2D eigenvalue weighted by Gasteiger charge is 2.48. The Kier molecular flexibility index (Phi) is 3.33. The van der Waals surface area contributed by atoms with Gasteiger partial charge < -0.3 is 10.6 Å². The van der Waals surface area contributed by atoms with Crippen LogP contribution in [0.25, 0.3) is 5.65 Å². The summed E-state index contributed by atoms with van der Waals surface area (Å²) in [5, 5.41) is 10.5. The molecule has 2 fully saturated rings. The molecule has 2 N–H and O–H groups in total. The molecular formula is C17H21N5O2. The number of aryl methyl sites for hydroxylation is 2. The lowest BCUT2D eigenvalue weighted by Gasteiger charge is -2.51. The predicted octanol–water partition coefficient (Wildman–Crippen LogP) is 1.28. The van der Waals surface area contributed by atoms with Gasteiger partial charge >= 0.3 is 0 Å². The van der Waals surface area contributed by atoms with Gasteiger partial charge in [-0.25, -0.2) is 9.50 Å². The minimum atomic E-state index is -0.254. The highest BCUT2D eigenvalue weighted by molar-refractivity contribution is 5.97. The van der Waals surface area contributed by atoms with Crippen molar-refractivity contribution in [1.29, 1.82) is 0 Å². The largest absolute Gasteiger partial charge is 0.349 e. The second-order valence-corrected chi connectivity index (χ2v) is 6.88. The van der Waals surface area contributed by atoms with Gasteiger partial charge in [-0.15, -0.1) is 0 Å². The van der Waals surface area contributed by atoms with E-state index in [2.05, 4.69) is 20.7 Å². The average Bonchev–Trinajstić information content (AvgIpc) is 2.96. The number of hydrogen-bond acceptors (Lipinski definition) is 4. The molecule has 1 saturated carbocycles. The fraction of sp³-hybridized carbons (Fsp3) is 0.529. The number of piperidine rings is 1. The van der Waals surface area contributed by atoms with Crippen LogP contribution in [0.3, 0.4) is 0 Å². The van der Waals surface area contributed by atoms with Crippen molar-refractivity contribution < 1.29 is 9.59 Å². The lowest BCUT2D eigenvalue weighted by atomic mass is 9.68. The van der Waals surface area contributed by atoms with Crippen LogP contribution >= 0.6 is 0 Å². The van der Waals surface area contributed by atoms with Crippen LogP contribution in [0, 0.1) is 13.8 Å². The summed E-state index contributed by atoms with van der Waals surface area (Å²) in [6, 6.07) is 1.80. The molecule has 2 aromatic rings. The maximum absolute atomic E-state index is 12.9. The maximum Gasteiger partial charge on any atom is 0.255 e. The molecule has 2 aliphatic rings. The zero-order valence-electron chi connectivity index (χ0n) is 13.9. The first-order chi connectivity index (χ1) is 11.5. The Morgan fingerprint density at radius 2 is 2.21 bits per heavy atom. The Balaban J connectivity index is 1.63. The first-order valence-corrected chi connectivity index (χ1v) is 8.43. The highest BCUT2D eigenvalue weighted by Crippen LogP contribution is 2.39. The average molecular weight is 327 g/mol. The summed E-state index contributed by atoms with van der Waals surface area (Å²) in [4.78, 5) is 29.1. The van der Waals surface area contributed by atoms with E-state index in [9.17, 15) is 9.59 Å². The molecule has 2 amide bonds. The van der Waals surface area contributed by atoms with Gasteiger partial charge in [0.1, 0.15) is 0 Å². The summed E-state index contributed by atoms with van der Waals surface area (Å²) in [5.41, 5.74) is 2.53. The molecule has 126 valence electrons. The van der Waals surface area contributed by atoms with Crippen LogP contribution < -0.4 is 10.6 Å². The van der Waals surface area contributed by atoms with Crippen molar-refractivity contribution in [3.05, 3.63) is 29.2 Å². The molecule has 7 nitrogen and oxygen atoms in total. The van der Waals surface area contributed by atoms with E-state index in [1.165, 1.54) is 0 Å². The third kappa shape index (κ3) is 2.18. The topological polar surface area (TPSA) is 88.4 Å². The highest BCUT2D eigenvalue weighted by atomic mass is 16.2. The van der Waals surface area contributed by atoms with Crippen molar-refractivity contribution in [1.82, 2.24) is 25.2 Å². The Morgan fingerprint density at radius 1 is 1.42 bits per heavy atom. The van der Waals surface area contributed by atoms with Crippen molar-refractivity contribution in [3.8, 4) is 0 Å². The van der Waals surface area contributed by atoms with E-state index < -0.39 is 0 Å². The number of amides is 2. The zero-order valence-corrected chi connectivity index (χ0v) is 13.9. The Labute approximate surface area is 139 Å². The van der Waals surface area contributed by atoms with E-state index in [1.54, 1.807) is 10.7 Å². The van der Waals surface area contributed by atoms with Crippen LogP contribution in [0.1, 0.15) is 53.8 Å². The van der Waals surface area contributed by atoms with E-state index in [1.807, 2.05) is 19.9 Å². The second kappa shape index (κ2) is 5.29. The van der Waals surface area contributed by atoms with E-state index in [0.717, 1.165) is 30.6 Å². The number of carbonyl (C=O) groups is 2. The number of nitrogens with zero attached hydrogens (tertiary/aromatic N) is 3. The third-order valence-electron chi connectivity index (χ3n) is 5.44. The number of carbonyl (C=O) groups excluding carboxylic acids is 2. The molecule has 1 atom stereocenters. The first-order valence-electron chi connectivity index (χ1n) is 8.43. The Hall–Kier alpha value is -2.44. The van der Waals surface area contributed by atoms with Gasteiger partial charge in [0.25, 0.3) is 5.91 Å². The second-order valence-electron chi connectivity index (χ2n) is 6.88. The van der Waals surface area contributed by atoms with Gasteiger partial charge in [-0.05, 0) is 39.5 Å². The lowest BCUT2D eigenvalue weighted by Crippen LogP contribution is -2.68. The lowest BCUT2D eigenvalue weighted by molar-refractivity contribution is -0.127. The van der Waals surface area contributed by atoms with Gasteiger partial charge in [0.05, 0.1) is 34.7 Å². The van der Waals surface area contributed by atoms with Crippen LogP contribution in [-0.4, -0.2) is 38.0 Å². The van der Waals surface area contributed by atoms with Crippen LogP contribution in [0.15, 0.2) is 12.3 Å². The van der Waals surface area contributed by atoms with Gasteiger partial charge in [-0.3, -0.25) is 9.59 Å². The molecule has 1 aliphatic carbocycles. The summed E-state index contributed by atoms with van der Waals surface area (Å²) in [6.07, 6.45) is 5.77. The molecule has 1 spiro atoms. The van der Waals surface area contributed by atoms with Crippen molar-refractivity contribution in [2.45, 2.75) is 57.5 Å². The monoisotopic (exact) mass is 327 g/mol. The van der Waals surface area contributed by atoms with E-state index in [0.29, 0.717) is 24.1 Å². The minimum Gasteiger partial charge on any atom is -0.349 e. The number of nitrogens with one attached hydrogen (secondary N) is 2. The van der Waals surface area contributed by atoms with Crippen molar-refractivity contribution >= 4 is 17.5 Å². The standard InChI is InChI=1S/C17H21N5O2/c1-10-15(11(2)22-13(19-10)6-9-18-22)16(24)20-12-4-5-14(23)21-17(12)7-3-8-17/h6,9,12H,3-5,7-8H2,1-2H3,(H,20,24)(H,21,23). The summed E-state index contributed by atoms with van der Waals surface area (Å²) in [7, 11) is 0. The zero-order chi connectivity index (χ0) is 16.9. The minimum absolute atomic E-state index is 0.0245. The van der Waals surface area contributed by atoms with Crippen molar-refractivity contribution in [3.63, 3.8) is 0 Å². The summed E-state index contributed by atoms with van der Waals surface area (Å²) >= 11 is 0. The summed E-state index contributed by atoms with van der Waals surface area (Å²) in [5.74, 6) is -0.0467. The molecule has 0 bridgehead atoms. The molecule has 1 unspecified atom stereocenters. The Morgan fingerprint density at radius 3 is 2.92 bits per heavy atom. The molecule has 0 radical (unpaired) electrons. The van der Waals surface area contributed by atoms with Crippen LogP contribution in [-0.2, 0) is 4.79 Å². The molecular weight excluding hydrogens is 306 g/mol. The summed E-state index contributed by atoms with van der Waals surface area (Å²) < 4.78 is 1.68. The molecule has 3 heterocycles. The van der Waals surface area contributed by atoms with E-state index >= 15 is 0 Å². The molecule has 2 aromatic heterocycles. The fourth-order valence-corrected chi connectivity index (χ4v) is 4.01. The van der Waals surface area contributed by atoms with Gasteiger partial charge in [-0.1, -0.05) is 0 Å². The van der Waals surface area contributed by atoms with Crippen LogP contribution in [0.2, 0.25) is 0 Å². The number of fused-ring (bicyclic) bond motifs is 1. The van der Waals surface area contributed by atoms with Gasteiger partial charge in [-0.2, -0.15) is 5.10 Å². The number of aromatic nitrogens is 3. The molecule has 4 rings (SSSR count). The van der Waals surface area contributed by atoms with Crippen LogP contribution in [0.5, 0.6) is 0 Å². The third-order valence-corrected chi connectivity index (χ3v) is 5.44. The first kappa shape index (κ1) is 15.1. The van der Waals surface area contributed by atoms with Crippen LogP contribution in [0.4, 0.5) is 0 Å². The fourth-order valence-electron chi connectivity index (χ4n) is 4.01. The molecule has 0 aromatic carbocycles. The normalized spacial score (nSPS) is 22.2. The Bertz CT molecular complexity index is 837. The van der Waals surface area contributed by atoms with Crippen molar-refractivity contribution in [2.24, 2.45) is 0 Å².